The number of hydrogen-bond donors (Lipinski definition) is 1. The Kier molecular flexibility index (Phi) is 5.60. The van der Waals surface area contributed by atoms with Crippen LogP contribution in [0.15, 0.2) is 30.4 Å². The summed E-state index contributed by atoms with van der Waals surface area (Å²) in [5.41, 5.74) is 0.283. The lowest BCUT2D eigenvalue weighted by Crippen LogP contribution is -2.03. The molecule has 0 atom stereocenters. The fourth-order valence-corrected chi connectivity index (χ4v) is 1.48. The first-order chi connectivity index (χ1) is 9.08. The van der Waals surface area contributed by atoms with Crippen molar-refractivity contribution < 1.29 is 24.2 Å². The number of carboxylic acid groups (broad SMARTS) is 1. The third-order valence-electron chi connectivity index (χ3n) is 2.20. The van der Waals surface area contributed by atoms with E-state index in [-0.39, 0.29) is 5.56 Å². The first kappa shape index (κ1) is 14.8. The lowest BCUT2D eigenvalue weighted by atomic mass is 10.1. The number of rotatable bonds is 7. The summed E-state index contributed by atoms with van der Waals surface area (Å²) in [6.45, 7) is 4.53. The van der Waals surface area contributed by atoms with Gasteiger partial charge >= 0.3 is 5.97 Å². The predicted octanol–water partition coefficient (Wildman–Crippen LogP) is 2.31. The third-order valence-corrected chi connectivity index (χ3v) is 2.20. The molecule has 1 rings (SSSR count). The first-order valence-corrected chi connectivity index (χ1v) is 5.93. The van der Waals surface area contributed by atoms with Crippen LogP contribution in [0.5, 0.6) is 11.5 Å². The second-order valence-electron chi connectivity index (χ2n) is 3.56. The van der Waals surface area contributed by atoms with Crippen LogP contribution in [0.25, 0.3) is 0 Å². The number of ketones is 1. The molecule has 19 heavy (non-hydrogen) atoms. The Morgan fingerprint density at radius 1 is 1.16 bits per heavy atom. The summed E-state index contributed by atoms with van der Waals surface area (Å²) in [5.74, 6) is -0.663. The zero-order valence-corrected chi connectivity index (χ0v) is 10.9. The average molecular weight is 264 g/mol. The van der Waals surface area contributed by atoms with Crippen LogP contribution in [0.1, 0.15) is 24.2 Å². The summed E-state index contributed by atoms with van der Waals surface area (Å²) in [4.78, 5) is 22.3. The quantitative estimate of drug-likeness (QED) is 0.604. The Labute approximate surface area is 111 Å². The molecule has 0 fully saturated rings. The van der Waals surface area contributed by atoms with Crippen molar-refractivity contribution in [2.45, 2.75) is 13.8 Å². The van der Waals surface area contributed by atoms with E-state index < -0.39 is 11.8 Å². The number of carbonyl (C=O) groups is 2. The molecule has 5 nitrogen and oxygen atoms in total. The summed E-state index contributed by atoms with van der Waals surface area (Å²) in [5, 5.41) is 8.53. The second kappa shape index (κ2) is 7.20. The van der Waals surface area contributed by atoms with E-state index in [4.69, 9.17) is 14.6 Å². The molecular weight excluding hydrogens is 248 g/mol. The molecule has 0 aromatic heterocycles. The highest BCUT2D eigenvalue weighted by Gasteiger charge is 2.12. The van der Waals surface area contributed by atoms with E-state index in [9.17, 15) is 9.59 Å². The van der Waals surface area contributed by atoms with Gasteiger partial charge in [-0.15, -0.1) is 0 Å². The number of allylic oxidation sites excluding steroid dienone is 1. The zero-order valence-electron chi connectivity index (χ0n) is 10.9. The van der Waals surface area contributed by atoms with Gasteiger partial charge in [0.25, 0.3) is 0 Å². The van der Waals surface area contributed by atoms with Gasteiger partial charge < -0.3 is 14.6 Å². The fraction of sp³-hybridized carbons (Fsp3) is 0.286. The molecule has 0 aliphatic heterocycles. The van der Waals surface area contributed by atoms with E-state index in [2.05, 4.69) is 0 Å². The van der Waals surface area contributed by atoms with Crippen LogP contribution in [0.4, 0.5) is 0 Å². The standard InChI is InChI=1S/C14H16O5/c1-3-18-10-5-7-13(19-4-2)11(9-10)12(15)6-8-14(16)17/h5-9H,3-4H2,1-2H3,(H,16,17)/b8-6+. The monoisotopic (exact) mass is 264 g/mol. The van der Waals surface area contributed by atoms with Gasteiger partial charge in [-0.2, -0.15) is 0 Å². The van der Waals surface area contributed by atoms with Crippen LogP contribution in [0, 0.1) is 0 Å². The maximum Gasteiger partial charge on any atom is 0.328 e. The number of carboxylic acids is 1. The lowest BCUT2D eigenvalue weighted by molar-refractivity contribution is -0.131. The molecule has 0 spiro atoms. The fourth-order valence-electron chi connectivity index (χ4n) is 1.48. The summed E-state index contributed by atoms with van der Waals surface area (Å²) in [6, 6.07) is 4.88. The SMILES string of the molecule is CCOc1ccc(OCC)c(C(=O)/C=C/C(=O)O)c1. The summed E-state index contributed by atoms with van der Waals surface area (Å²) >= 11 is 0. The highest BCUT2D eigenvalue weighted by Crippen LogP contribution is 2.25. The molecule has 0 saturated carbocycles. The van der Waals surface area contributed by atoms with Crippen molar-refractivity contribution in [3.8, 4) is 11.5 Å². The Bertz CT molecular complexity index is 491. The largest absolute Gasteiger partial charge is 0.494 e. The normalized spacial score (nSPS) is 10.4. The summed E-state index contributed by atoms with van der Waals surface area (Å²) < 4.78 is 10.6. The van der Waals surface area contributed by atoms with E-state index in [1.54, 1.807) is 25.1 Å². The van der Waals surface area contributed by atoms with Gasteiger partial charge in [-0.25, -0.2) is 4.79 Å². The second-order valence-corrected chi connectivity index (χ2v) is 3.56. The van der Waals surface area contributed by atoms with Crippen molar-refractivity contribution in [2.75, 3.05) is 13.2 Å². The van der Waals surface area contributed by atoms with Gasteiger partial charge in [0.05, 0.1) is 18.8 Å². The van der Waals surface area contributed by atoms with Crippen molar-refractivity contribution >= 4 is 11.8 Å². The highest BCUT2D eigenvalue weighted by atomic mass is 16.5. The van der Waals surface area contributed by atoms with Crippen LogP contribution in [-0.2, 0) is 4.79 Å². The summed E-state index contributed by atoms with van der Waals surface area (Å²) in [7, 11) is 0. The maximum atomic E-state index is 11.9. The molecule has 1 aromatic carbocycles. The number of carbonyl (C=O) groups excluding carboxylic acids is 1. The molecule has 0 aliphatic carbocycles. The highest BCUT2D eigenvalue weighted by molar-refractivity contribution is 6.08. The van der Waals surface area contributed by atoms with Crippen LogP contribution in [0.3, 0.4) is 0 Å². The van der Waals surface area contributed by atoms with E-state index >= 15 is 0 Å². The predicted molar refractivity (Wildman–Crippen MR) is 69.9 cm³/mol. The Balaban J connectivity index is 3.08. The third kappa shape index (κ3) is 4.46. The summed E-state index contributed by atoms with van der Waals surface area (Å²) in [6.07, 6.45) is 1.79. The van der Waals surface area contributed by atoms with Gasteiger partial charge in [-0.05, 0) is 38.1 Å². The first-order valence-electron chi connectivity index (χ1n) is 5.93. The molecule has 1 N–H and O–H groups in total. The maximum absolute atomic E-state index is 11.9. The number of ether oxygens (including phenoxy) is 2. The van der Waals surface area contributed by atoms with Crippen molar-refractivity contribution in [2.24, 2.45) is 0 Å². The Hall–Kier alpha value is -2.30. The molecule has 0 radical (unpaired) electrons. The van der Waals surface area contributed by atoms with Crippen molar-refractivity contribution in [1.82, 2.24) is 0 Å². The van der Waals surface area contributed by atoms with Gasteiger partial charge in [0.15, 0.2) is 5.78 Å². The van der Waals surface area contributed by atoms with Gasteiger partial charge in [0, 0.05) is 6.08 Å². The van der Waals surface area contributed by atoms with E-state index in [1.807, 2.05) is 6.92 Å². The minimum atomic E-state index is -1.17. The van der Waals surface area contributed by atoms with Crippen molar-refractivity contribution in [3.05, 3.63) is 35.9 Å². The molecule has 0 heterocycles. The lowest BCUT2D eigenvalue weighted by Gasteiger charge is -2.10. The number of aliphatic carboxylic acids is 1. The molecule has 0 unspecified atom stereocenters. The van der Waals surface area contributed by atoms with Gasteiger partial charge in [0.2, 0.25) is 0 Å². The van der Waals surface area contributed by atoms with Crippen molar-refractivity contribution in [3.63, 3.8) is 0 Å². The van der Waals surface area contributed by atoms with Crippen LogP contribution < -0.4 is 9.47 Å². The van der Waals surface area contributed by atoms with Crippen LogP contribution in [-0.4, -0.2) is 30.1 Å². The van der Waals surface area contributed by atoms with E-state index in [1.165, 1.54) is 0 Å². The number of benzene rings is 1. The minimum absolute atomic E-state index is 0.283. The van der Waals surface area contributed by atoms with Crippen LogP contribution >= 0.6 is 0 Å². The molecule has 0 aliphatic rings. The van der Waals surface area contributed by atoms with Gasteiger partial charge in [0.1, 0.15) is 11.5 Å². The molecule has 102 valence electrons. The Morgan fingerprint density at radius 2 is 1.84 bits per heavy atom. The molecule has 1 aromatic rings. The number of hydrogen-bond acceptors (Lipinski definition) is 4. The van der Waals surface area contributed by atoms with Gasteiger partial charge in [-0.3, -0.25) is 4.79 Å². The molecule has 0 bridgehead atoms. The Morgan fingerprint density at radius 3 is 2.42 bits per heavy atom. The van der Waals surface area contributed by atoms with E-state index in [0.29, 0.717) is 24.7 Å². The minimum Gasteiger partial charge on any atom is -0.494 e. The van der Waals surface area contributed by atoms with Crippen LogP contribution in [0.2, 0.25) is 0 Å². The topological polar surface area (TPSA) is 72.8 Å². The van der Waals surface area contributed by atoms with E-state index in [0.717, 1.165) is 12.2 Å². The zero-order chi connectivity index (χ0) is 14.3. The molecular formula is C14H16O5. The molecule has 0 amide bonds. The van der Waals surface area contributed by atoms with Crippen molar-refractivity contribution in [1.29, 1.82) is 0 Å². The molecule has 0 saturated heterocycles. The average Bonchev–Trinajstić information content (AvgIpc) is 2.38. The smallest absolute Gasteiger partial charge is 0.328 e. The molecule has 5 heteroatoms. The van der Waals surface area contributed by atoms with Gasteiger partial charge in [-0.1, -0.05) is 0 Å².